The molecule has 0 amide bonds. The largest absolute Gasteiger partial charge is 0.378 e. The molecular weight excluding hydrogens is 198 g/mol. The van der Waals surface area contributed by atoms with Gasteiger partial charge in [0.05, 0.1) is 0 Å². The van der Waals surface area contributed by atoms with Crippen molar-refractivity contribution >= 4 is 17.2 Å². The van der Waals surface area contributed by atoms with Crippen molar-refractivity contribution in [1.82, 2.24) is 0 Å². The monoisotopic (exact) mass is 217 g/mol. The summed E-state index contributed by atoms with van der Waals surface area (Å²) in [6.45, 7) is 0.986. The standard InChI is InChI=1S/C13H19N3/c1-15(2)11-6-8-12(9-7-11)16-10-4-3-5-13(16)14/h6-9,14H,3-5,10H2,1-2H3. The molecule has 0 spiro atoms. The Balaban J connectivity index is 2.17. The van der Waals surface area contributed by atoms with Gasteiger partial charge in [0.1, 0.15) is 5.84 Å². The lowest BCUT2D eigenvalue weighted by atomic mass is 10.1. The lowest BCUT2D eigenvalue weighted by Gasteiger charge is -2.29. The van der Waals surface area contributed by atoms with Crippen LogP contribution in [0.25, 0.3) is 0 Å². The minimum absolute atomic E-state index is 0.754. The predicted molar refractivity (Wildman–Crippen MR) is 69.7 cm³/mol. The summed E-state index contributed by atoms with van der Waals surface area (Å²) in [6.07, 6.45) is 3.26. The van der Waals surface area contributed by atoms with Gasteiger partial charge in [-0.15, -0.1) is 0 Å². The zero-order chi connectivity index (χ0) is 11.5. The first-order chi connectivity index (χ1) is 7.68. The van der Waals surface area contributed by atoms with Crippen molar-refractivity contribution in [3.8, 4) is 0 Å². The number of hydrogen-bond acceptors (Lipinski definition) is 2. The van der Waals surface area contributed by atoms with Crippen molar-refractivity contribution in [2.24, 2.45) is 0 Å². The molecule has 1 aromatic carbocycles. The highest BCUT2D eigenvalue weighted by Crippen LogP contribution is 2.23. The maximum Gasteiger partial charge on any atom is 0.100 e. The van der Waals surface area contributed by atoms with E-state index in [1.54, 1.807) is 0 Å². The fourth-order valence-corrected chi connectivity index (χ4v) is 2.05. The van der Waals surface area contributed by atoms with Crippen LogP contribution in [0.5, 0.6) is 0 Å². The van der Waals surface area contributed by atoms with E-state index >= 15 is 0 Å². The molecule has 0 radical (unpaired) electrons. The van der Waals surface area contributed by atoms with Gasteiger partial charge in [-0.3, -0.25) is 5.41 Å². The first-order valence-electron chi connectivity index (χ1n) is 5.81. The van der Waals surface area contributed by atoms with Crippen LogP contribution in [0.1, 0.15) is 19.3 Å². The Kier molecular flexibility index (Phi) is 3.13. The van der Waals surface area contributed by atoms with Gasteiger partial charge >= 0.3 is 0 Å². The number of rotatable bonds is 2. The van der Waals surface area contributed by atoms with Gasteiger partial charge in [0, 0.05) is 38.4 Å². The number of hydrogen-bond donors (Lipinski definition) is 1. The van der Waals surface area contributed by atoms with Crippen molar-refractivity contribution in [1.29, 1.82) is 5.41 Å². The summed E-state index contributed by atoms with van der Waals surface area (Å²) in [7, 11) is 4.08. The predicted octanol–water partition coefficient (Wildman–Crippen LogP) is 2.72. The molecule has 16 heavy (non-hydrogen) atoms. The van der Waals surface area contributed by atoms with E-state index in [1.165, 1.54) is 12.1 Å². The number of benzene rings is 1. The average Bonchev–Trinajstić information content (AvgIpc) is 2.30. The van der Waals surface area contributed by atoms with E-state index < -0.39 is 0 Å². The second kappa shape index (κ2) is 4.56. The van der Waals surface area contributed by atoms with Crippen molar-refractivity contribution in [3.63, 3.8) is 0 Å². The summed E-state index contributed by atoms with van der Waals surface area (Å²) in [4.78, 5) is 4.20. The Labute approximate surface area is 97.2 Å². The molecule has 1 saturated heterocycles. The summed E-state index contributed by atoms with van der Waals surface area (Å²) in [5.74, 6) is 0.754. The molecule has 1 N–H and O–H groups in total. The third-order valence-electron chi connectivity index (χ3n) is 3.05. The van der Waals surface area contributed by atoms with Crippen LogP contribution in [0, 0.1) is 5.41 Å². The van der Waals surface area contributed by atoms with E-state index in [9.17, 15) is 0 Å². The van der Waals surface area contributed by atoms with E-state index in [0.29, 0.717) is 0 Å². The molecule has 1 heterocycles. The van der Waals surface area contributed by atoms with Gasteiger partial charge in [0.25, 0.3) is 0 Å². The molecule has 3 nitrogen and oxygen atoms in total. The van der Waals surface area contributed by atoms with E-state index in [-0.39, 0.29) is 0 Å². The minimum atomic E-state index is 0.754. The molecule has 1 aliphatic rings. The SMILES string of the molecule is CN(C)c1ccc(N2CCCCC2=N)cc1. The summed E-state index contributed by atoms with van der Waals surface area (Å²) in [5.41, 5.74) is 2.35. The van der Waals surface area contributed by atoms with Gasteiger partial charge in [0.2, 0.25) is 0 Å². The van der Waals surface area contributed by atoms with E-state index in [4.69, 9.17) is 5.41 Å². The Morgan fingerprint density at radius 2 is 1.81 bits per heavy atom. The van der Waals surface area contributed by atoms with Crippen molar-refractivity contribution < 1.29 is 0 Å². The number of piperidine rings is 1. The third-order valence-corrected chi connectivity index (χ3v) is 3.05. The molecule has 1 aliphatic heterocycles. The zero-order valence-corrected chi connectivity index (χ0v) is 10.0. The van der Waals surface area contributed by atoms with E-state index in [0.717, 1.165) is 30.9 Å². The normalized spacial score (nSPS) is 16.4. The Morgan fingerprint density at radius 1 is 1.12 bits per heavy atom. The second-order valence-corrected chi connectivity index (χ2v) is 4.47. The molecule has 0 unspecified atom stereocenters. The molecule has 0 saturated carbocycles. The third kappa shape index (κ3) is 2.18. The molecule has 1 aromatic rings. The first-order valence-corrected chi connectivity index (χ1v) is 5.81. The van der Waals surface area contributed by atoms with Gasteiger partial charge in [-0.1, -0.05) is 0 Å². The highest BCUT2D eigenvalue weighted by molar-refractivity contribution is 5.96. The summed E-state index contributed by atoms with van der Waals surface area (Å²) in [6, 6.07) is 8.43. The van der Waals surface area contributed by atoms with Crippen molar-refractivity contribution in [3.05, 3.63) is 24.3 Å². The molecule has 0 bridgehead atoms. The van der Waals surface area contributed by atoms with Crippen LogP contribution >= 0.6 is 0 Å². The van der Waals surface area contributed by atoms with Gasteiger partial charge in [-0.2, -0.15) is 0 Å². The van der Waals surface area contributed by atoms with Crippen LogP contribution in [0.3, 0.4) is 0 Å². The quantitative estimate of drug-likeness (QED) is 0.825. The number of nitrogens with one attached hydrogen (secondary N) is 1. The minimum Gasteiger partial charge on any atom is -0.378 e. The van der Waals surface area contributed by atoms with Crippen LogP contribution in [0.4, 0.5) is 11.4 Å². The fourth-order valence-electron chi connectivity index (χ4n) is 2.05. The van der Waals surface area contributed by atoms with Crippen molar-refractivity contribution in [2.75, 3.05) is 30.4 Å². The van der Waals surface area contributed by atoms with Crippen LogP contribution in [0.2, 0.25) is 0 Å². The molecule has 1 fully saturated rings. The van der Waals surface area contributed by atoms with Crippen LogP contribution in [-0.2, 0) is 0 Å². The van der Waals surface area contributed by atoms with Crippen LogP contribution < -0.4 is 9.80 Å². The van der Waals surface area contributed by atoms with E-state index in [2.05, 4.69) is 34.1 Å². The smallest absolute Gasteiger partial charge is 0.100 e. The number of anilines is 2. The molecular formula is C13H19N3. The summed E-state index contributed by atoms with van der Waals surface area (Å²) >= 11 is 0. The van der Waals surface area contributed by atoms with Gasteiger partial charge in [-0.25, -0.2) is 0 Å². The summed E-state index contributed by atoms with van der Waals surface area (Å²) in [5, 5.41) is 7.94. The van der Waals surface area contributed by atoms with Gasteiger partial charge in [0.15, 0.2) is 0 Å². The fraction of sp³-hybridized carbons (Fsp3) is 0.462. The molecule has 2 rings (SSSR count). The lowest BCUT2D eigenvalue weighted by molar-refractivity contribution is 0.707. The molecule has 0 aromatic heterocycles. The van der Waals surface area contributed by atoms with Gasteiger partial charge in [-0.05, 0) is 37.1 Å². The second-order valence-electron chi connectivity index (χ2n) is 4.47. The Hall–Kier alpha value is -1.51. The molecule has 3 heteroatoms. The topological polar surface area (TPSA) is 30.3 Å². The van der Waals surface area contributed by atoms with E-state index in [1.807, 2.05) is 14.1 Å². The highest BCUT2D eigenvalue weighted by Gasteiger charge is 2.16. The highest BCUT2D eigenvalue weighted by atomic mass is 15.2. The number of nitrogens with zero attached hydrogens (tertiary/aromatic N) is 2. The molecule has 86 valence electrons. The summed E-state index contributed by atoms with van der Waals surface area (Å²) < 4.78 is 0. The molecule has 0 aliphatic carbocycles. The van der Waals surface area contributed by atoms with Gasteiger partial charge < -0.3 is 9.80 Å². The Morgan fingerprint density at radius 3 is 2.38 bits per heavy atom. The zero-order valence-electron chi connectivity index (χ0n) is 10.0. The number of amidine groups is 1. The molecule has 0 atom stereocenters. The van der Waals surface area contributed by atoms with Crippen LogP contribution in [-0.4, -0.2) is 26.5 Å². The van der Waals surface area contributed by atoms with Crippen molar-refractivity contribution in [2.45, 2.75) is 19.3 Å². The van der Waals surface area contributed by atoms with Crippen LogP contribution in [0.15, 0.2) is 24.3 Å². The average molecular weight is 217 g/mol. The Bertz CT molecular complexity index is 367. The lowest BCUT2D eigenvalue weighted by Crippen LogP contribution is -2.34. The maximum atomic E-state index is 7.94. The maximum absolute atomic E-state index is 7.94. The first kappa shape index (κ1) is 11.0.